The number of nitrogens with one attached hydrogen (secondary N) is 1. The second kappa shape index (κ2) is 7.99. The molecule has 2 atom stereocenters. The van der Waals surface area contributed by atoms with Gasteiger partial charge >= 0.3 is 0 Å². The summed E-state index contributed by atoms with van der Waals surface area (Å²) in [7, 11) is 1.64. The lowest BCUT2D eigenvalue weighted by Crippen LogP contribution is -2.47. The van der Waals surface area contributed by atoms with Gasteiger partial charge in [-0.1, -0.05) is 0 Å². The van der Waals surface area contributed by atoms with Gasteiger partial charge in [0.15, 0.2) is 0 Å². The average molecular weight is 408 g/mol. The molecule has 0 spiro atoms. The van der Waals surface area contributed by atoms with Gasteiger partial charge in [-0.2, -0.15) is 0 Å². The predicted molar refractivity (Wildman–Crippen MR) is 115 cm³/mol. The summed E-state index contributed by atoms with van der Waals surface area (Å²) < 4.78 is 11.0. The number of amides is 1. The molecule has 2 heterocycles. The molecule has 2 unspecified atom stereocenters. The number of benzene rings is 2. The first-order valence-corrected chi connectivity index (χ1v) is 10.0. The largest absolute Gasteiger partial charge is 0.497 e. The van der Waals surface area contributed by atoms with Gasteiger partial charge in [0.05, 0.1) is 31.8 Å². The second-order valence-corrected chi connectivity index (χ2v) is 8.07. The number of primary amides is 1. The highest BCUT2D eigenvalue weighted by molar-refractivity contribution is 5.85. The topological polar surface area (TPSA) is 93.9 Å². The summed E-state index contributed by atoms with van der Waals surface area (Å²) in [5.41, 5.74) is 9.18. The summed E-state index contributed by atoms with van der Waals surface area (Å²) in [5, 5.41) is 3.49. The SMILES string of the molecule is COc1cc(C2Nc3ccc([C]=O)cc3CC2(C)C(N)=O)cc(N2CCOCC2)c1. The summed E-state index contributed by atoms with van der Waals surface area (Å²) >= 11 is 0. The first-order chi connectivity index (χ1) is 14.4. The molecule has 4 rings (SSSR count). The fraction of sp³-hybridized carbons (Fsp3) is 0.391. The molecule has 1 saturated heterocycles. The number of anilines is 2. The Balaban J connectivity index is 1.78. The number of morpholine rings is 1. The monoisotopic (exact) mass is 408 g/mol. The Bertz CT molecular complexity index is 971. The minimum atomic E-state index is -0.886. The molecule has 1 amide bonds. The number of hydrogen-bond donors (Lipinski definition) is 2. The molecule has 0 aromatic heterocycles. The minimum absolute atomic E-state index is 0.344. The van der Waals surface area contributed by atoms with Gasteiger partial charge in [0.2, 0.25) is 12.2 Å². The van der Waals surface area contributed by atoms with Gasteiger partial charge in [0.1, 0.15) is 5.75 Å². The molecule has 0 bridgehead atoms. The minimum Gasteiger partial charge on any atom is -0.497 e. The van der Waals surface area contributed by atoms with Crippen LogP contribution >= 0.6 is 0 Å². The van der Waals surface area contributed by atoms with E-state index in [1.54, 1.807) is 19.2 Å². The van der Waals surface area contributed by atoms with Crippen molar-refractivity contribution < 1.29 is 19.1 Å². The van der Waals surface area contributed by atoms with Crippen LogP contribution in [-0.4, -0.2) is 45.6 Å². The fourth-order valence-electron chi connectivity index (χ4n) is 4.33. The van der Waals surface area contributed by atoms with Gasteiger partial charge in [-0.05, 0) is 54.8 Å². The Morgan fingerprint density at radius 2 is 2.03 bits per heavy atom. The van der Waals surface area contributed by atoms with Crippen LogP contribution in [0.1, 0.15) is 29.7 Å². The number of nitrogens with zero attached hydrogens (tertiary/aromatic N) is 1. The molecule has 2 aromatic rings. The third-order valence-corrected chi connectivity index (χ3v) is 6.14. The van der Waals surface area contributed by atoms with Crippen LogP contribution in [0.2, 0.25) is 0 Å². The van der Waals surface area contributed by atoms with E-state index in [2.05, 4.69) is 16.3 Å². The molecule has 1 radical (unpaired) electrons. The van der Waals surface area contributed by atoms with Gasteiger partial charge in [-0.3, -0.25) is 9.59 Å². The number of nitrogens with two attached hydrogens (primary N) is 1. The third kappa shape index (κ3) is 3.61. The van der Waals surface area contributed by atoms with Crippen LogP contribution in [0, 0.1) is 5.41 Å². The molecule has 7 heteroatoms. The molecule has 2 aliphatic heterocycles. The summed E-state index contributed by atoms with van der Waals surface area (Å²) in [6.45, 7) is 4.81. The van der Waals surface area contributed by atoms with E-state index in [0.29, 0.717) is 25.2 Å². The number of carbonyl (C=O) groups is 1. The zero-order chi connectivity index (χ0) is 21.3. The van der Waals surface area contributed by atoms with Crippen molar-refractivity contribution in [3.05, 3.63) is 53.1 Å². The maximum absolute atomic E-state index is 12.6. The van der Waals surface area contributed by atoms with Crippen LogP contribution in [0.5, 0.6) is 5.75 Å². The summed E-state index contributed by atoms with van der Waals surface area (Å²) in [6.07, 6.45) is 2.33. The van der Waals surface area contributed by atoms with Crippen molar-refractivity contribution in [3.63, 3.8) is 0 Å². The van der Waals surface area contributed by atoms with E-state index in [9.17, 15) is 9.59 Å². The van der Waals surface area contributed by atoms with Gasteiger partial charge in [0.25, 0.3) is 0 Å². The maximum Gasteiger partial charge on any atom is 0.233 e. The second-order valence-electron chi connectivity index (χ2n) is 8.07. The number of methoxy groups -OCH3 is 1. The number of ether oxygens (including phenoxy) is 2. The van der Waals surface area contributed by atoms with Crippen LogP contribution in [0.15, 0.2) is 36.4 Å². The Labute approximate surface area is 176 Å². The van der Waals surface area contributed by atoms with Gasteiger partial charge in [0, 0.05) is 36.1 Å². The van der Waals surface area contributed by atoms with Gasteiger partial charge in [-0.15, -0.1) is 0 Å². The van der Waals surface area contributed by atoms with Crippen molar-refractivity contribution in [2.24, 2.45) is 11.1 Å². The van der Waals surface area contributed by atoms with Crippen molar-refractivity contribution in [2.75, 3.05) is 43.6 Å². The molecule has 1 fully saturated rings. The number of rotatable bonds is 5. The smallest absolute Gasteiger partial charge is 0.233 e. The fourth-order valence-corrected chi connectivity index (χ4v) is 4.33. The molecule has 30 heavy (non-hydrogen) atoms. The van der Waals surface area contributed by atoms with E-state index in [1.807, 2.05) is 31.4 Å². The zero-order valence-corrected chi connectivity index (χ0v) is 17.2. The van der Waals surface area contributed by atoms with Gasteiger partial charge < -0.3 is 25.4 Å². The Morgan fingerprint density at radius 1 is 1.27 bits per heavy atom. The van der Waals surface area contributed by atoms with Crippen LogP contribution < -0.4 is 20.7 Å². The highest BCUT2D eigenvalue weighted by atomic mass is 16.5. The zero-order valence-electron chi connectivity index (χ0n) is 17.2. The standard InChI is InChI=1S/C23H26N3O4/c1-23(22(24)28)13-17-9-15(14-27)3-4-20(17)25-21(23)16-10-18(12-19(11-16)29-2)26-5-7-30-8-6-26/h3-4,9-12,21,25H,5-8,13H2,1-2H3,(H2,24,28). The molecule has 3 N–H and O–H groups in total. The molecule has 2 aliphatic rings. The first kappa shape index (κ1) is 20.2. The third-order valence-electron chi connectivity index (χ3n) is 6.14. The Hall–Kier alpha value is -3.06. The normalized spacial score (nSPS) is 23.3. The van der Waals surface area contributed by atoms with Crippen molar-refractivity contribution in [1.29, 1.82) is 0 Å². The molecular formula is C23H26N3O4. The lowest BCUT2D eigenvalue weighted by molar-refractivity contribution is -0.127. The molecular weight excluding hydrogens is 382 g/mol. The number of carbonyl (C=O) groups excluding carboxylic acids is 2. The van der Waals surface area contributed by atoms with E-state index in [1.165, 1.54) is 0 Å². The average Bonchev–Trinajstić information content (AvgIpc) is 2.78. The van der Waals surface area contributed by atoms with E-state index < -0.39 is 11.3 Å². The van der Waals surface area contributed by atoms with Crippen LogP contribution in [-0.2, 0) is 20.7 Å². The first-order valence-electron chi connectivity index (χ1n) is 10.0. The van der Waals surface area contributed by atoms with E-state index >= 15 is 0 Å². The van der Waals surface area contributed by atoms with Crippen molar-refractivity contribution >= 4 is 23.6 Å². The lowest BCUT2D eigenvalue weighted by atomic mass is 9.70. The molecule has 0 aliphatic carbocycles. The molecule has 2 aromatic carbocycles. The van der Waals surface area contributed by atoms with E-state index in [-0.39, 0.29) is 6.04 Å². The Morgan fingerprint density at radius 3 is 2.70 bits per heavy atom. The number of fused-ring (bicyclic) bond motifs is 1. The molecule has 157 valence electrons. The predicted octanol–water partition coefficient (Wildman–Crippen LogP) is 2.19. The molecule has 0 saturated carbocycles. The Kier molecular flexibility index (Phi) is 5.39. The molecule has 7 nitrogen and oxygen atoms in total. The summed E-state index contributed by atoms with van der Waals surface area (Å²) in [4.78, 5) is 25.9. The van der Waals surface area contributed by atoms with E-state index in [4.69, 9.17) is 15.2 Å². The lowest BCUT2D eigenvalue weighted by Gasteiger charge is -2.42. The summed E-state index contributed by atoms with van der Waals surface area (Å²) in [6, 6.07) is 11.0. The van der Waals surface area contributed by atoms with Crippen LogP contribution in [0.25, 0.3) is 0 Å². The van der Waals surface area contributed by atoms with Crippen molar-refractivity contribution in [3.8, 4) is 5.75 Å². The maximum atomic E-state index is 12.6. The highest BCUT2D eigenvalue weighted by Crippen LogP contribution is 2.46. The van der Waals surface area contributed by atoms with Crippen LogP contribution in [0.4, 0.5) is 11.4 Å². The van der Waals surface area contributed by atoms with Crippen molar-refractivity contribution in [1.82, 2.24) is 0 Å². The number of hydrogen-bond acceptors (Lipinski definition) is 6. The van der Waals surface area contributed by atoms with Crippen LogP contribution in [0.3, 0.4) is 0 Å². The van der Waals surface area contributed by atoms with E-state index in [0.717, 1.165) is 41.3 Å². The highest BCUT2D eigenvalue weighted by Gasteiger charge is 2.45. The summed E-state index contributed by atoms with van der Waals surface area (Å²) in [5.74, 6) is 0.321. The van der Waals surface area contributed by atoms with Crippen molar-refractivity contribution in [2.45, 2.75) is 19.4 Å². The quantitative estimate of drug-likeness (QED) is 0.788. The van der Waals surface area contributed by atoms with Gasteiger partial charge in [-0.25, -0.2) is 0 Å².